The lowest BCUT2D eigenvalue weighted by Crippen LogP contribution is -2.43. The number of nitrogens with zero attached hydrogens (tertiary/aromatic N) is 2. The van der Waals surface area contributed by atoms with Crippen LogP contribution >= 0.6 is 0 Å². The number of likely N-dealkylation sites (N-methyl/N-ethyl adjacent to an activating group) is 1. The van der Waals surface area contributed by atoms with Crippen molar-refractivity contribution in [1.82, 2.24) is 15.1 Å². The Labute approximate surface area is 151 Å². The molecule has 4 rings (SSSR count). The monoisotopic (exact) mass is 341 g/mol. The fourth-order valence-corrected chi connectivity index (χ4v) is 5.02. The predicted molar refractivity (Wildman–Crippen MR) is 101 cm³/mol. The lowest BCUT2D eigenvalue weighted by molar-refractivity contribution is 0.0926. The summed E-state index contributed by atoms with van der Waals surface area (Å²) in [6.07, 6.45) is 6.50. The quantitative estimate of drug-likeness (QED) is 0.915. The van der Waals surface area contributed by atoms with Crippen LogP contribution in [0, 0.1) is 11.8 Å². The number of hydrogen-bond acceptors (Lipinski definition) is 3. The van der Waals surface area contributed by atoms with Gasteiger partial charge < -0.3 is 10.2 Å². The molecule has 0 unspecified atom stereocenters. The maximum Gasteiger partial charge on any atom is 0.251 e. The molecule has 0 spiro atoms. The lowest BCUT2D eigenvalue weighted by atomic mass is 9.97. The molecule has 4 heteroatoms. The highest BCUT2D eigenvalue weighted by molar-refractivity contribution is 5.94. The third kappa shape index (κ3) is 3.90. The minimum absolute atomic E-state index is 0.115. The van der Waals surface area contributed by atoms with E-state index in [0.717, 1.165) is 50.1 Å². The molecule has 136 valence electrons. The first-order valence-electron chi connectivity index (χ1n) is 10.00. The zero-order chi connectivity index (χ0) is 17.2. The normalized spacial score (nSPS) is 30.4. The van der Waals surface area contributed by atoms with Crippen LogP contribution < -0.4 is 5.32 Å². The van der Waals surface area contributed by atoms with Crippen molar-refractivity contribution in [1.29, 1.82) is 0 Å². The van der Waals surface area contributed by atoms with Gasteiger partial charge in [-0.3, -0.25) is 9.69 Å². The molecule has 2 saturated carbocycles. The van der Waals surface area contributed by atoms with Gasteiger partial charge in [-0.25, -0.2) is 0 Å². The minimum Gasteiger partial charge on any atom is -0.349 e. The molecule has 0 bridgehead atoms. The van der Waals surface area contributed by atoms with Crippen LogP contribution in [0.25, 0.3) is 0 Å². The molecule has 1 N–H and O–H groups in total. The van der Waals surface area contributed by atoms with E-state index in [1.165, 1.54) is 37.7 Å². The summed E-state index contributed by atoms with van der Waals surface area (Å²) in [4.78, 5) is 17.5. The zero-order valence-corrected chi connectivity index (χ0v) is 15.4. The second-order valence-corrected chi connectivity index (χ2v) is 8.29. The topological polar surface area (TPSA) is 35.6 Å². The van der Waals surface area contributed by atoms with Gasteiger partial charge in [0.15, 0.2) is 0 Å². The number of hydrogen-bond donors (Lipinski definition) is 1. The summed E-state index contributed by atoms with van der Waals surface area (Å²) >= 11 is 0. The number of nitrogens with one attached hydrogen (secondary N) is 1. The standard InChI is InChI=1S/C21H31N3O/c1-23-11-13-24(14-12-23)15-16-5-7-18(8-6-16)21(25)22-20-10-9-17-3-2-4-19(17)20/h5-8,17,19-20H,2-4,9-15H2,1H3,(H,22,25)/t17-,19-,20-/m1/s1. The molecule has 3 aliphatic rings. The van der Waals surface area contributed by atoms with Gasteiger partial charge in [0.05, 0.1) is 0 Å². The Morgan fingerprint density at radius 2 is 1.80 bits per heavy atom. The van der Waals surface area contributed by atoms with E-state index < -0.39 is 0 Å². The van der Waals surface area contributed by atoms with Gasteiger partial charge in [0.25, 0.3) is 5.91 Å². The SMILES string of the molecule is CN1CCN(Cc2ccc(C(=O)N[C@@H]3CC[C@H]4CCC[C@H]43)cc2)CC1. The van der Waals surface area contributed by atoms with E-state index in [2.05, 4.69) is 34.3 Å². The molecule has 1 heterocycles. The Morgan fingerprint density at radius 3 is 2.56 bits per heavy atom. The van der Waals surface area contributed by atoms with E-state index >= 15 is 0 Å². The fourth-order valence-electron chi connectivity index (χ4n) is 5.02. The molecule has 1 saturated heterocycles. The maximum absolute atomic E-state index is 12.6. The summed E-state index contributed by atoms with van der Waals surface area (Å²) in [6, 6.07) is 8.66. The van der Waals surface area contributed by atoms with E-state index in [1.807, 2.05) is 12.1 Å². The number of amides is 1. The lowest BCUT2D eigenvalue weighted by Gasteiger charge is -2.32. The first kappa shape index (κ1) is 17.0. The summed E-state index contributed by atoms with van der Waals surface area (Å²) in [7, 11) is 2.18. The van der Waals surface area contributed by atoms with Crippen LogP contribution in [0.5, 0.6) is 0 Å². The molecular weight excluding hydrogens is 310 g/mol. The summed E-state index contributed by atoms with van der Waals surface area (Å²) in [6.45, 7) is 5.53. The largest absolute Gasteiger partial charge is 0.349 e. The van der Waals surface area contributed by atoms with Crippen LogP contribution in [0.4, 0.5) is 0 Å². The highest BCUT2D eigenvalue weighted by atomic mass is 16.1. The fraction of sp³-hybridized carbons (Fsp3) is 0.667. The minimum atomic E-state index is 0.115. The van der Waals surface area contributed by atoms with Crippen LogP contribution in [-0.2, 0) is 6.54 Å². The van der Waals surface area contributed by atoms with Crippen molar-refractivity contribution in [3.63, 3.8) is 0 Å². The molecule has 4 nitrogen and oxygen atoms in total. The van der Waals surface area contributed by atoms with Crippen molar-refractivity contribution in [3.8, 4) is 0 Å². The Hall–Kier alpha value is -1.39. The number of piperazine rings is 1. The molecule has 3 fully saturated rings. The van der Waals surface area contributed by atoms with Crippen LogP contribution in [0.15, 0.2) is 24.3 Å². The second kappa shape index (κ2) is 7.46. The van der Waals surface area contributed by atoms with E-state index in [0.29, 0.717) is 6.04 Å². The van der Waals surface area contributed by atoms with Crippen molar-refractivity contribution in [2.24, 2.45) is 11.8 Å². The number of carbonyl (C=O) groups excluding carboxylic acids is 1. The van der Waals surface area contributed by atoms with Gasteiger partial charge in [0.2, 0.25) is 0 Å². The van der Waals surface area contributed by atoms with Gasteiger partial charge in [0, 0.05) is 44.3 Å². The van der Waals surface area contributed by atoms with E-state index in [1.54, 1.807) is 0 Å². The van der Waals surface area contributed by atoms with Crippen molar-refractivity contribution in [2.45, 2.75) is 44.7 Å². The van der Waals surface area contributed by atoms with Crippen LogP contribution in [0.3, 0.4) is 0 Å². The average Bonchev–Trinajstić information content (AvgIpc) is 3.23. The molecule has 0 aromatic heterocycles. The first-order chi connectivity index (χ1) is 12.2. The molecule has 1 aliphatic heterocycles. The van der Waals surface area contributed by atoms with Gasteiger partial charge in [-0.1, -0.05) is 25.0 Å². The molecule has 3 atom stereocenters. The number of carbonyl (C=O) groups is 1. The van der Waals surface area contributed by atoms with Gasteiger partial charge in [-0.2, -0.15) is 0 Å². The van der Waals surface area contributed by atoms with Crippen molar-refractivity contribution >= 4 is 5.91 Å². The van der Waals surface area contributed by atoms with Gasteiger partial charge in [-0.15, -0.1) is 0 Å². The predicted octanol–water partition coefficient (Wildman–Crippen LogP) is 2.74. The summed E-state index contributed by atoms with van der Waals surface area (Å²) in [5.74, 6) is 1.72. The Kier molecular flexibility index (Phi) is 5.09. The summed E-state index contributed by atoms with van der Waals surface area (Å²) < 4.78 is 0. The van der Waals surface area contributed by atoms with Crippen molar-refractivity contribution in [3.05, 3.63) is 35.4 Å². The molecule has 1 aromatic carbocycles. The molecule has 1 aromatic rings. The Balaban J connectivity index is 1.31. The van der Waals surface area contributed by atoms with Crippen LogP contribution in [-0.4, -0.2) is 55.0 Å². The van der Waals surface area contributed by atoms with Crippen molar-refractivity contribution < 1.29 is 4.79 Å². The summed E-state index contributed by atoms with van der Waals surface area (Å²) in [5, 5.41) is 3.32. The first-order valence-corrected chi connectivity index (χ1v) is 10.00. The third-order valence-corrected chi connectivity index (χ3v) is 6.62. The number of benzene rings is 1. The highest BCUT2D eigenvalue weighted by Crippen LogP contribution is 2.44. The third-order valence-electron chi connectivity index (χ3n) is 6.62. The smallest absolute Gasteiger partial charge is 0.251 e. The zero-order valence-electron chi connectivity index (χ0n) is 15.4. The molecular formula is C21H31N3O. The molecule has 25 heavy (non-hydrogen) atoms. The molecule has 1 amide bonds. The maximum atomic E-state index is 12.6. The van der Waals surface area contributed by atoms with Crippen LogP contribution in [0.2, 0.25) is 0 Å². The van der Waals surface area contributed by atoms with Crippen molar-refractivity contribution in [2.75, 3.05) is 33.2 Å². The molecule has 0 radical (unpaired) electrons. The van der Waals surface area contributed by atoms with Gasteiger partial charge >= 0.3 is 0 Å². The number of rotatable bonds is 4. The van der Waals surface area contributed by atoms with E-state index in [-0.39, 0.29) is 5.91 Å². The van der Waals surface area contributed by atoms with Gasteiger partial charge in [-0.05, 0) is 55.8 Å². The molecule has 2 aliphatic carbocycles. The highest BCUT2D eigenvalue weighted by Gasteiger charge is 2.39. The van der Waals surface area contributed by atoms with Gasteiger partial charge in [0.1, 0.15) is 0 Å². The Morgan fingerprint density at radius 1 is 1.04 bits per heavy atom. The second-order valence-electron chi connectivity index (χ2n) is 8.29. The summed E-state index contributed by atoms with van der Waals surface area (Å²) in [5.41, 5.74) is 2.11. The van der Waals surface area contributed by atoms with E-state index in [9.17, 15) is 4.79 Å². The number of fused-ring (bicyclic) bond motifs is 1. The van der Waals surface area contributed by atoms with Crippen LogP contribution in [0.1, 0.15) is 48.0 Å². The van der Waals surface area contributed by atoms with E-state index in [4.69, 9.17) is 0 Å². The average molecular weight is 341 g/mol. The Bertz CT molecular complexity index is 592.